The highest BCUT2D eigenvalue weighted by Gasteiger charge is 2.13. The van der Waals surface area contributed by atoms with Crippen LogP contribution >= 0.6 is 35.0 Å². The molecule has 0 aliphatic carbocycles. The molecule has 0 aliphatic rings. The van der Waals surface area contributed by atoms with E-state index in [1.165, 1.54) is 17.8 Å². The molecule has 0 saturated carbocycles. The average molecular weight is 464 g/mol. The van der Waals surface area contributed by atoms with E-state index in [2.05, 4.69) is 20.8 Å². The number of thioether (sulfide) groups is 1. The first-order valence-electron chi connectivity index (χ1n) is 9.03. The van der Waals surface area contributed by atoms with Gasteiger partial charge < -0.3 is 15.2 Å². The third kappa shape index (κ3) is 5.98. The second-order valence-electron chi connectivity index (χ2n) is 6.30. The Kier molecular flexibility index (Phi) is 7.73. The molecule has 156 valence electrons. The van der Waals surface area contributed by atoms with Gasteiger partial charge in [-0.25, -0.2) is 0 Å². The first-order valence-corrected chi connectivity index (χ1v) is 10.8. The number of aromatic nitrogens is 3. The van der Waals surface area contributed by atoms with Crippen LogP contribution in [-0.4, -0.2) is 38.9 Å². The number of rotatable bonds is 8. The molecule has 0 radical (unpaired) electrons. The molecule has 0 saturated heterocycles. The van der Waals surface area contributed by atoms with Crippen molar-refractivity contribution in [3.05, 3.63) is 70.0 Å². The van der Waals surface area contributed by atoms with Crippen LogP contribution < -0.4 is 10.6 Å². The van der Waals surface area contributed by atoms with Crippen LogP contribution in [0, 0.1) is 0 Å². The largest absolute Gasteiger partial charge is 0.352 e. The predicted molar refractivity (Wildman–Crippen MR) is 119 cm³/mol. The molecule has 2 amide bonds. The molecule has 0 spiro atoms. The lowest BCUT2D eigenvalue weighted by Gasteiger charge is -2.07. The van der Waals surface area contributed by atoms with Gasteiger partial charge in [-0.2, -0.15) is 0 Å². The summed E-state index contributed by atoms with van der Waals surface area (Å²) in [6.45, 7) is 0.379. The molecule has 1 aromatic heterocycles. The maximum atomic E-state index is 12.2. The highest BCUT2D eigenvalue weighted by atomic mass is 35.5. The van der Waals surface area contributed by atoms with Crippen molar-refractivity contribution in [1.29, 1.82) is 0 Å². The molecule has 3 aromatic rings. The average Bonchev–Trinajstić information content (AvgIpc) is 3.08. The van der Waals surface area contributed by atoms with Crippen LogP contribution in [0.3, 0.4) is 0 Å². The van der Waals surface area contributed by atoms with Crippen molar-refractivity contribution in [1.82, 2.24) is 20.1 Å². The van der Waals surface area contributed by atoms with Crippen molar-refractivity contribution in [2.75, 3.05) is 17.6 Å². The van der Waals surface area contributed by atoms with E-state index in [-0.39, 0.29) is 17.6 Å². The molecule has 1 heterocycles. The molecule has 0 bridgehead atoms. The summed E-state index contributed by atoms with van der Waals surface area (Å²) in [5.74, 6) is 0.553. The van der Waals surface area contributed by atoms with Crippen LogP contribution in [0.4, 0.5) is 5.69 Å². The number of halogens is 2. The summed E-state index contributed by atoms with van der Waals surface area (Å²) >= 11 is 13.1. The summed E-state index contributed by atoms with van der Waals surface area (Å²) in [6.07, 6.45) is 0.493. The van der Waals surface area contributed by atoms with Crippen LogP contribution in [0.1, 0.15) is 16.2 Å². The minimum absolute atomic E-state index is 0.121. The molecule has 3 rings (SSSR count). The van der Waals surface area contributed by atoms with Crippen molar-refractivity contribution in [3.8, 4) is 0 Å². The highest BCUT2D eigenvalue weighted by Crippen LogP contribution is 2.22. The fraction of sp³-hybridized carbons (Fsp3) is 0.200. The standard InChI is InChI=1S/C20H19Cl2N5O2S/c1-27-17(9-10-23-19(29)13-7-8-15(21)16(22)11-13)25-26-20(27)30-12-18(28)24-14-5-3-2-4-6-14/h2-8,11H,9-10,12H2,1H3,(H,23,29)(H,24,28). The van der Waals surface area contributed by atoms with Gasteiger partial charge in [0, 0.05) is 31.3 Å². The fourth-order valence-electron chi connectivity index (χ4n) is 2.56. The summed E-state index contributed by atoms with van der Waals surface area (Å²) in [4.78, 5) is 24.3. The van der Waals surface area contributed by atoms with Crippen LogP contribution in [0.2, 0.25) is 10.0 Å². The molecule has 0 fully saturated rings. The molecule has 30 heavy (non-hydrogen) atoms. The maximum absolute atomic E-state index is 12.2. The van der Waals surface area contributed by atoms with Crippen molar-refractivity contribution in [2.45, 2.75) is 11.6 Å². The molecule has 2 aromatic carbocycles. The third-order valence-electron chi connectivity index (χ3n) is 4.13. The van der Waals surface area contributed by atoms with Gasteiger partial charge in [0.05, 0.1) is 15.8 Å². The molecule has 7 nitrogen and oxygen atoms in total. The summed E-state index contributed by atoms with van der Waals surface area (Å²) in [7, 11) is 1.83. The van der Waals surface area contributed by atoms with Gasteiger partial charge in [-0.15, -0.1) is 10.2 Å². The Morgan fingerprint density at radius 3 is 2.57 bits per heavy atom. The number of nitrogens with zero attached hydrogens (tertiary/aromatic N) is 3. The van der Waals surface area contributed by atoms with Gasteiger partial charge in [-0.1, -0.05) is 53.2 Å². The fourth-order valence-corrected chi connectivity index (χ4v) is 3.59. The Morgan fingerprint density at radius 2 is 1.83 bits per heavy atom. The van der Waals surface area contributed by atoms with Gasteiger partial charge >= 0.3 is 0 Å². The Bertz CT molecular complexity index is 1040. The number of para-hydroxylation sites is 1. The quantitative estimate of drug-likeness (QED) is 0.495. The van der Waals surface area contributed by atoms with Gasteiger partial charge in [0.25, 0.3) is 5.91 Å². The minimum atomic E-state index is -0.247. The summed E-state index contributed by atoms with van der Waals surface area (Å²) in [5, 5.41) is 15.3. The van der Waals surface area contributed by atoms with E-state index in [0.717, 1.165) is 5.69 Å². The van der Waals surface area contributed by atoms with Crippen LogP contribution in [0.15, 0.2) is 53.7 Å². The predicted octanol–water partition coefficient (Wildman–Crippen LogP) is 3.83. The number of nitrogens with one attached hydrogen (secondary N) is 2. The number of hydrogen-bond donors (Lipinski definition) is 2. The van der Waals surface area contributed by atoms with Crippen molar-refractivity contribution in [3.63, 3.8) is 0 Å². The third-order valence-corrected chi connectivity index (χ3v) is 5.89. The van der Waals surface area contributed by atoms with Crippen LogP contribution in [0.5, 0.6) is 0 Å². The smallest absolute Gasteiger partial charge is 0.251 e. The number of carbonyl (C=O) groups is 2. The van der Waals surface area contributed by atoms with E-state index < -0.39 is 0 Å². The first kappa shape index (κ1) is 22.1. The summed E-state index contributed by atoms with van der Waals surface area (Å²) < 4.78 is 1.81. The molecule has 0 atom stereocenters. The Balaban J connectivity index is 1.47. The number of amides is 2. The van der Waals surface area contributed by atoms with Crippen molar-refractivity contribution >= 4 is 52.5 Å². The second-order valence-corrected chi connectivity index (χ2v) is 8.05. The normalized spacial score (nSPS) is 10.6. The number of hydrogen-bond acceptors (Lipinski definition) is 5. The van der Waals surface area contributed by atoms with Gasteiger partial charge in [-0.3, -0.25) is 9.59 Å². The van der Waals surface area contributed by atoms with Crippen LogP contribution in [0.25, 0.3) is 0 Å². The zero-order valence-corrected chi connectivity index (χ0v) is 18.4. The number of anilines is 1. The lowest BCUT2D eigenvalue weighted by molar-refractivity contribution is -0.113. The summed E-state index contributed by atoms with van der Waals surface area (Å²) in [6, 6.07) is 14.0. The topological polar surface area (TPSA) is 88.9 Å². The lowest BCUT2D eigenvalue weighted by Crippen LogP contribution is -2.26. The van der Waals surface area contributed by atoms with Gasteiger partial charge in [0.1, 0.15) is 5.82 Å². The zero-order chi connectivity index (χ0) is 21.5. The van der Waals surface area contributed by atoms with Crippen molar-refractivity contribution < 1.29 is 9.59 Å². The summed E-state index contributed by atoms with van der Waals surface area (Å²) in [5.41, 5.74) is 1.18. The molecule has 10 heteroatoms. The zero-order valence-electron chi connectivity index (χ0n) is 16.1. The molecule has 2 N–H and O–H groups in total. The highest BCUT2D eigenvalue weighted by molar-refractivity contribution is 7.99. The molecular weight excluding hydrogens is 445 g/mol. The van der Waals surface area contributed by atoms with E-state index in [4.69, 9.17) is 23.2 Å². The Hall–Kier alpha value is -2.55. The second kappa shape index (κ2) is 10.5. The van der Waals surface area contributed by atoms with Crippen molar-refractivity contribution in [2.24, 2.45) is 7.05 Å². The molecule has 0 aliphatic heterocycles. The molecule has 0 unspecified atom stereocenters. The Labute approximate surface area is 188 Å². The Morgan fingerprint density at radius 1 is 1.07 bits per heavy atom. The van der Waals surface area contributed by atoms with E-state index in [1.54, 1.807) is 12.1 Å². The minimum Gasteiger partial charge on any atom is -0.352 e. The van der Waals surface area contributed by atoms with E-state index >= 15 is 0 Å². The monoisotopic (exact) mass is 463 g/mol. The SMILES string of the molecule is Cn1c(CCNC(=O)c2ccc(Cl)c(Cl)c2)nnc1SCC(=O)Nc1ccccc1. The van der Waals surface area contributed by atoms with E-state index in [1.807, 2.05) is 41.9 Å². The van der Waals surface area contributed by atoms with Gasteiger partial charge in [-0.05, 0) is 30.3 Å². The lowest BCUT2D eigenvalue weighted by atomic mass is 10.2. The van der Waals surface area contributed by atoms with Crippen LogP contribution in [-0.2, 0) is 18.3 Å². The molecular formula is C20H19Cl2N5O2S. The van der Waals surface area contributed by atoms with E-state index in [0.29, 0.717) is 39.6 Å². The number of carbonyl (C=O) groups excluding carboxylic acids is 2. The maximum Gasteiger partial charge on any atom is 0.251 e. The van der Waals surface area contributed by atoms with Gasteiger partial charge in [0.15, 0.2) is 5.16 Å². The number of benzene rings is 2. The van der Waals surface area contributed by atoms with Gasteiger partial charge in [0.2, 0.25) is 5.91 Å². The first-order chi connectivity index (χ1) is 14.4. The van der Waals surface area contributed by atoms with E-state index in [9.17, 15) is 9.59 Å².